The van der Waals surface area contributed by atoms with Crippen LogP contribution in [0.1, 0.15) is 39.4 Å². The van der Waals surface area contributed by atoms with Gasteiger partial charge in [-0.25, -0.2) is 0 Å². The molecule has 4 heteroatoms. The smallest absolute Gasteiger partial charge is 0.117 e. The van der Waals surface area contributed by atoms with Crippen LogP contribution in [0, 0.1) is 5.41 Å². The Kier molecular flexibility index (Phi) is 5.70. The molecule has 22 heavy (non-hydrogen) atoms. The highest BCUT2D eigenvalue weighted by Crippen LogP contribution is 2.40. The summed E-state index contributed by atoms with van der Waals surface area (Å²) in [6, 6.07) is 4.03. The van der Waals surface area contributed by atoms with Crippen LogP contribution < -0.4 is 0 Å². The minimum absolute atomic E-state index is 0.0294. The summed E-state index contributed by atoms with van der Waals surface area (Å²) in [5, 5.41) is 0. The Bertz CT molecular complexity index is 442. The lowest BCUT2D eigenvalue weighted by Crippen LogP contribution is -2.51. The van der Waals surface area contributed by atoms with Crippen molar-refractivity contribution in [3.8, 4) is 0 Å². The van der Waals surface area contributed by atoms with Crippen LogP contribution in [0.2, 0.25) is 0 Å². The number of ether oxygens (including phenoxy) is 1. The van der Waals surface area contributed by atoms with Gasteiger partial charge in [-0.3, -0.25) is 4.90 Å². The van der Waals surface area contributed by atoms with E-state index in [1.54, 1.807) is 6.26 Å². The van der Waals surface area contributed by atoms with Crippen LogP contribution in [-0.2, 0) is 11.3 Å². The van der Waals surface area contributed by atoms with Gasteiger partial charge in [-0.2, -0.15) is 0 Å². The average molecular weight is 308 g/mol. The molecule has 2 heterocycles. The first kappa shape index (κ1) is 17.5. The van der Waals surface area contributed by atoms with Crippen LogP contribution in [0.5, 0.6) is 0 Å². The van der Waals surface area contributed by atoms with E-state index in [1.165, 1.54) is 0 Å². The lowest BCUT2D eigenvalue weighted by molar-refractivity contribution is -0.117. The highest BCUT2D eigenvalue weighted by Gasteiger charge is 2.42. The van der Waals surface area contributed by atoms with Gasteiger partial charge in [-0.1, -0.05) is 6.92 Å². The predicted octanol–water partition coefficient (Wildman–Crippen LogP) is 3.24. The van der Waals surface area contributed by atoms with Crippen LogP contribution in [0.3, 0.4) is 0 Å². The molecule has 1 saturated heterocycles. The maximum atomic E-state index is 5.97. The summed E-state index contributed by atoms with van der Waals surface area (Å²) < 4.78 is 11.5. The molecule has 0 aliphatic carbocycles. The van der Waals surface area contributed by atoms with E-state index in [-0.39, 0.29) is 11.0 Å². The van der Waals surface area contributed by atoms with Crippen molar-refractivity contribution in [2.24, 2.45) is 5.41 Å². The Labute approximate surface area is 135 Å². The van der Waals surface area contributed by atoms with Crippen molar-refractivity contribution in [1.29, 1.82) is 0 Å². The zero-order chi connectivity index (χ0) is 16.2. The molecule has 2 rings (SSSR count). The van der Waals surface area contributed by atoms with Crippen LogP contribution >= 0.6 is 0 Å². The molecular weight excluding hydrogens is 276 g/mol. The van der Waals surface area contributed by atoms with Crippen LogP contribution in [0.25, 0.3) is 0 Å². The van der Waals surface area contributed by atoms with Crippen molar-refractivity contribution >= 4 is 0 Å². The van der Waals surface area contributed by atoms with Gasteiger partial charge in [0.05, 0.1) is 18.4 Å². The standard InChI is InChI=1S/C18H32N2O2/c1-6-20(12-16-8-7-10-21-16)15-18(14-19(4)5)9-11-22-17(2,3)13-18/h7-8,10H,6,9,11-15H2,1-5H3/t18-/m1/s1. The quantitative estimate of drug-likeness (QED) is 0.773. The molecule has 0 aromatic carbocycles. The Morgan fingerprint density at radius 1 is 1.23 bits per heavy atom. The summed E-state index contributed by atoms with van der Waals surface area (Å²) >= 11 is 0. The lowest BCUT2D eigenvalue weighted by atomic mass is 9.73. The first-order chi connectivity index (χ1) is 10.3. The van der Waals surface area contributed by atoms with Gasteiger partial charge < -0.3 is 14.1 Å². The molecule has 0 radical (unpaired) electrons. The fourth-order valence-corrected chi connectivity index (χ4v) is 3.95. The predicted molar refractivity (Wildman–Crippen MR) is 89.9 cm³/mol. The highest BCUT2D eigenvalue weighted by molar-refractivity contribution is 4.99. The summed E-state index contributed by atoms with van der Waals surface area (Å²) in [5.74, 6) is 1.05. The van der Waals surface area contributed by atoms with Gasteiger partial charge in [0, 0.05) is 25.1 Å². The highest BCUT2D eigenvalue weighted by atomic mass is 16.5. The monoisotopic (exact) mass is 308 g/mol. The van der Waals surface area contributed by atoms with E-state index in [0.717, 1.165) is 51.4 Å². The fraction of sp³-hybridized carbons (Fsp3) is 0.778. The Balaban J connectivity index is 2.10. The zero-order valence-corrected chi connectivity index (χ0v) is 14.9. The third-order valence-electron chi connectivity index (χ3n) is 4.54. The maximum absolute atomic E-state index is 5.97. The van der Waals surface area contributed by atoms with Crippen molar-refractivity contribution in [2.45, 2.75) is 45.8 Å². The molecule has 1 aromatic rings. The van der Waals surface area contributed by atoms with E-state index in [4.69, 9.17) is 9.15 Å². The minimum Gasteiger partial charge on any atom is -0.468 e. The molecule has 1 aromatic heterocycles. The number of nitrogens with zero attached hydrogens (tertiary/aromatic N) is 2. The third-order valence-corrected chi connectivity index (χ3v) is 4.54. The molecule has 0 amide bonds. The average Bonchev–Trinajstić information content (AvgIpc) is 2.88. The molecule has 126 valence electrons. The number of rotatable bonds is 7. The fourth-order valence-electron chi connectivity index (χ4n) is 3.95. The summed E-state index contributed by atoms with van der Waals surface area (Å²) in [6.07, 6.45) is 3.99. The van der Waals surface area contributed by atoms with Gasteiger partial charge in [0.1, 0.15) is 5.76 Å². The molecular formula is C18H32N2O2. The third kappa shape index (κ3) is 4.83. The summed E-state index contributed by atoms with van der Waals surface area (Å²) in [7, 11) is 4.35. The van der Waals surface area contributed by atoms with E-state index in [0.29, 0.717) is 0 Å². The van der Waals surface area contributed by atoms with Crippen molar-refractivity contribution < 1.29 is 9.15 Å². The van der Waals surface area contributed by atoms with E-state index < -0.39 is 0 Å². The second-order valence-electron chi connectivity index (χ2n) is 7.66. The normalized spacial score (nSPS) is 25.0. The second-order valence-corrected chi connectivity index (χ2v) is 7.66. The minimum atomic E-state index is -0.0294. The van der Waals surface area contributed by atoms with Gasteiger partial charge in [-0.05, 0) is 59.5 Å². The van der Waals surface area contributed by atoms with Crippen molar-refractivity contribution in [2.75, 3.05) is 40.3 Å². The summed E-state index contributed by atoms with van der Waals surface area (Å²) in [4.78, 5) is 4.83. The van der Waals surface area contributed by atoms with Crippen LogP contribution in [0.15, 0.2) is 22.8 Å². The maximum Gasteiger partial charge on any atom is 0.117 e. The summed E-state index contributed by atoms with van der Waals surface area (Å²) in [5.41, 5.74) is 0.256. The number of hydrogen-bond acceptors (Lipinski definition) is 4. The van der Waals surface area contributed by atoms with Crippen molar-refractivity contribution in [3.63, 3.8) is 0 Å². The van der Waals surface area contributed by atoms with E-state index in [9.17, 15) is 0 Å². The lowest BCUT2D eigenvalue weighted by Gasteiger charge is -2.48. The second kappa shape index (κ2) is 7.16. The molecule has 0 bridgehead atoms. The molecule has 0 saturated carbocycles. The van der Waals surface area contributed by atoms with E-state index >= 15 is 0 Å². The van der Waals surface area contributed by atoms with E-state index in [2.05, 4.69) is 50.7 Å². The van der Waals surface area contributed by atoms with E-state index in [1.807, 2.05) is 6.07 Å². The molecule has 0 N–H and O–H groups in total. The first-order valence-corrected chi connectivity index (χ1v) is 8.38. The largest absolute Gasteiger partial charge is 0.468 e. The molecule has 1 aliphatic heterocycles. The SMILES string of the molecule is CCN(Cc1ccco1)C[C@]1(CN(C)C)CCOC(C)(C)C1. The zero-order valence-electron chi connectivity index (χ0n) is 14.9. The Hall–Kier alpha value is -0.840. The first-order valence-electron chi connectivity index (χ1n) is 8.38. The topological polar surface area (TPSA) is 28.9 Å². The van der Waals surface area contributed by atoms with Crippen molar-refractivity contribution in [3.05, 3.63) is 24.2 Å². The van der Waals surface area contributed by atoms with Gasteiger partial charge >= 0.3 is 0 Å². The van der Waals surface area contributed by atoms with Crippen LogP contribution in [0.4, 0.5) is 0 Å². The van der Waals surface area contributed by atoms with Gasteiger partial charge in [-0.15, -0.1) is 0 Å². The molecule has 0 spiro atoms. The molecule has 0 unspecified atom stereocenters. The number of furan rings is 1. The van der Waals surface area contributed by atoms with Crippen molar-refractivity contribution in [1.82, 2.24) is 9.80 Å². The van der Waals surface area contributed by atoms with Gasteiger partial charge in [0.2, 0.25) is 0 Å². The molecule has 1 aliphatic rings. The number of hydrogen-bond donors (Lipinski definition) is 0. The summed E-state index contributed by atoms with van der Waals surface area (Å²) in [6.45, 7) is 11.7. The van der Waals surface area contributed by atoms with Gasteiger partial charge in [0.15, 0.2) is 0 Å². The Morgan fingerprint density at radius 3 is 2.55 bits per heavy atom. The molecule has 1 fully saturated rings. The molecule has 1 atom stereocenters. The molecule has 4 nitrogen and oxygen atoms in total. The Morgan fingerprint density at radius 2 is 2.00 bits per heavy atom. The van der Waals surface area contributed by atoms with Gasteiger partial charge in [0.25, 0.3) is 0 Å². The van der Waals surface area contributed by atoms with Crippen LogP contribution in [-0.4, -0.2) is 55.7 Å².